The zero-order chi connectivity index (χ0) is 13.6. The van der Waals surface area contributed by atoms with Crippen molar-refractivity contribution in [1.82, 2.24) is 4.98 Å². The van der Waals surface area contributed by atoms with Gasteiger partial charge in [0.1, 0.15) is 0 Å². The highest BCUT2D eigenvalue weighted by Crippen LogP contribution is 2.48. The lowest BCUT2D eigenvalue weighted by molar-refractivity contribution is 0.102. The Morgan fingerprint density at radius 3 is 2.74 bits per heavy atom. The number of carbonyl (C=O) groups excluding carboxylic acids is 1. The lowest BCUT2D eigenvalue weighted by Gasteiger charge is -2.26. The first kappa shape index (κ1) is 13.1. The zero-order valence-electron chi connectivity index (χ0n) is 12.0. The summed E-state index contributed by atoms with van der Waals surface area (Å²) in [5.41, 5.74) is 0.882. The lowest BCUT2D eigenvalue weighted by Crippen LogP contribution is -2.28. The van der Waals surface area contributed by atoms with E-state index in [4.69, 9.17) is 0 Å². The summed E-state index contributed by atoms with van der Waals surface area (Å²) in [6, 6.07) is 0. The van der Waals surface area contributed by atoms with Gasteiger partial charge in [-0.15, -0.1) is 0 Å². The van der Waals surface area contributed by atoms with Gasteiger partial charge in [-0.3, -0.25) is 4.79 Å². The minimum Gasteiger partial charge on any atom is -0.351 e. The molecule has 19 heavy (non-hydrogen) atoms. The van der Waals surface area contributed by atoms with Crippen molar-refractivity contribution in [2.45, 2.75) is 39.5 Å². The maximum absolute atomic E-state index is 11.5. The predicted octanol–water partition coefficient (Wildman–Crippen LogP) is 3.53. The Labute approximate surface area is 119 Å². The molecule has 0 N–H and O–H groups in total. The summed E-state index contributed by atoms with van der Waals surface area (Å²) in [6.07, 6.45) is 5.74. The third-order valence-corrected chi connectivity index (χ3v) is 6.20. The van der Waals surface area contributed by atoms with Gasteiger partial charge in [0.2, 0.25) is 0 Å². The third kappa shape index (κ3) is 2.42. The van der Waals surface area contributed by atoms with E-state index in [0.29, 0.717) is 0 Å². The Balaban J connectivity index is 1.68. The highest BCUT2D eigenvalue weighted by Gasteiger charge is 2.39. The van der Waals surface area contributed by atoms with Crippen LogP contribution in [0.5, 0.6) is 0 Å². The van der Waals surface area contributed by atoms with Gasteiger partial charge in [-0.1, -0.05) is 17.8 Å². The van der Waals surface area contributed by atoms with E-state index in [1.54, 1.807) is 18.3 Å². The molecular weight excluding hydrogens is 256 g/mol. The number of hydrogen-bond donors (Lipinski definition) is 0. The maximum Gasteiger partial charge on any atom is 0.185 e. The molecule has 104 valence electrons. The Morgan fingerprint density at radius 1 is 1.42 bits per heavy atom. The monoisotopic (exact) mass is 278 g/mol. The zero-order valence-corrected chi connectivity index (χ0v) is 12.8. The lowest BCUT2D eigenvalue weighted by atomic mass is 9.88. The van der Waals surface area contributed by atoms with Gasteiger partial charge >= 0.3 is 0 Å². The molecule has 0 aromatic carbocycles. The van der Waals surface area contributed by atoms with Crippen molar-refractivity contribution in [2.75, 3.05) is 18.5 Å². The first-order chi connectivity index (χ1) is 9.04. The van der Waals surface area contributed by atoms with Crippen LogP contribution in [0.2, 0.25) is 0 Å². The van der Waals surface area contributed by atoms with Gasteiger partial charge in [0.15, 0.2) is 10.9 Å². The molecule has 2 aliphatic rings. The molecular formula is C15H22N2OS. The van der Waals surface area contributed by atoms with Gasteiger partial charge in [-0.05, 0) is 43.9 Å². The quantitative estimate of drug-likeness (QED) is 0.790. The molecule has 1 aromatic rings. The Morgan fingerprint density at radius 2 is 2.21 bits per heavy atom. The molecule has 3 unspecified atom stereocenters. The van der Waals surface area contributed by atoms with Crippen LogP contribution in [-0.4, -0.2) is 24.4 Å². The van der Waals surface area contributed by atoms with Gasteiger partial charge in [0, 0.05) is 20.5 Å². The number of aryl methyl sites for hydroxylation is 1. The molecule has 3 atom stereocenters. The number of nitrogens with zero attached hydrogens (tertiary/aromatic N) is 2. The van der Waals surface area contributed by atoms with Gasteiger partial charge in [-0.25, -0.2) is 4.98 Å². The molecule has 0 aliphatic heterocycles. The van der Waals surface area contributed by atoms with E-state index in [9.17, 15) is 4.79 Å². The molecule has 2 bridgehead atoms. The van der Waals surface area contributed by atoms with E-state index < -0.39 is 0 Å². The average Bonchev–Trinajstić information content (AvgIpc) is 3.02. The van der Waals surface area contributed by atoms with Crippen molar-refractivity contribution in [3.63, 3.8) is 0 Å². The van der Waals surface area contributed by atoms with Crippen molar-refractivity contribution in [3.8, 4) is 0 Å². The number of thiazole rings is 1. The molecule has 1 aromatic heterocycles. The van der Waals surface area contributed by atoms with E-state index in [0.717, 1.165) is 40.0 Å². The fourth-order valence-electron chi connectivity index (χ4n) is 3.90. The van der Waals surface area contributed by atoms with Crippen molar-refractivity contribution in [2.24, 2.45) is 17.8 Å². The normalized spacial score (nSPS) is 28.9. The van der Waals surface area contributed by atoms with Gasteiger partial charge < -0.3 is 4.90 Å². The highest BCUT2D eigenvalue weighted by atomic mass is 32.1. The summed E-state index contributed by atoms with van der Waals surface area (Å²) in [5.74, 6) is 2.92. The Bertz CT molecular complexity index is 496. The van der Waals surface area contributed by atoms with Gasteiger partial charge in [-0.2, -0.15) is 0 Å². The summed E-state index contributed by atoms with van der Waals surface area (Å²) < 4.78 is 0. The second-order valence-electron chi connectivity index (χ2n) is 6.28. The van der Waals surface area contributed by atoms with Crippen LogP contribution in [-0.2, 0) is 0 Å². The summed E-state index contributed by atoms with van der Waals surface area (Å²) in [6.45, 7) is 4.66. The molecule has 2 fully saturated rings. The minimum absolute atomic E-state index is 0.134. The molecule has 2 saturated carbocycles. The van der Waals surface area contributed by atoms with Crippen LogP contribution in [0.3, 0.4) is 0 Å². The standard InChI is InChI=1S/C15H22N2OS/c1-9-14(10(2)18)19-15(16-9)17(3)8-13-7-11-4-5-12(13)6-11/h11-13H,4-8H2,1-3H3. The fraction of sp³-hybridized carbons (Fsp3) is 0.733. The third-order valence-electron chi connectivity index (χ3n) is 4.82. The largest absolute Gasteiger partial charge is 0.351 e. The molecule has 4 heteroatoms. The average molecular weight is 278 g/mol. The van der Waals surface area contributed by atoms with Crippen LogP contribution >= 0.6 is 11.3 Å². The highest BCUT2D eigenvalue weighted by molar-refractivity contribution is 7.17. The summed E-state index contributed by atoms with van der Waals surface area (Å²) in [7, 11) is 2.12. The van der Waals surface area contributed by atoms with Crippen LogP contribution in [0.4, 0.5) is 5.13 Å². The fourth-order valence-corrected chi connectivity index (χ4v) is 4.83. The minimum atomic E-state index is 0.134. The summed E-state index contributed by atoms with van der Waals surface area (Å²) >= 11 is 1.54. The number of rotatable bonds is 4. The number of carbonyl (C=O) groups is 1. The smallest absolute Gasteiger partial charge is 0.185 e. The van der Waals surface area contributed by atoms with E-state index in [-0.39, 0.29) is 5.78 Å². The molecule has 0 saturated heterocycles. The second-order valence-corrected chi connectivity index (χ2v) is 7.26. The molecule has 3 nitrogen and oxygen atoms in total. The first-order valence-electron chi connectivity index (χ1n) is 7.24. The maximum atomic E-state index is 11.5. The molecule has 0 spiro atoms. The molecule has 3 rings (SSSR count). The second kappa shape index (κ2) is 4.89. The van der Waals surface area contributed by atoms with E-state index in [1.807, 2.05) is 6.92 Å². The number of ketones is 1. The number of fused-ring (bicyclic) bond motifs is 2. The van der Waals surface area contributed by atoms with E-state index in [1.165, 1.54) is 25.7 Å². The van der Waals surface area contributed by atoms with Crippen LogP contribution in [0, 0.1) is 24.7 Å². The van der Waals surface area contributed by atoms with Crippen molar-refractivity contribution >= 4 is 22.3 Å². The number of Topliss-reactive ketones (excluding diaryl/α,β-unsaturated/α-hetero) is 1. The summed E-state index contributed by atoms with van der Waals surface area (Å²) in [4.78, 5) is 19.1. The van der Waals surface area contributed by atoms with Crippen molar-refractivity contribution in [3.05, 3.63) is 10.6 Å². The molecule has 1 heterocycles. The molecule has 2 aliphatic carbocycles. The van der Waals surface area contributed by atoms with Crippen LogP contribution in [0.25, 0.3) is 0 Å². The Hall–Kier alpha value is -0.900. The van der Waals surface area contributed by atoms with Gasteiger partial charge in [0.25, 0.3) is 0 Å². The van der Waals surface area contributed by atoms with Gasteiger partial charge in [0.05, 0.1) is 10.6 Å². The van der Waals surface area contributed by atoms with Crippen molar-refractivity contribution < 1.29 is 4.79 Å². The molecule has 0 amide bonds. The van der Waals surface area contributed by atoms with Crippen LogP contribution < -0.4 is 4.90 Å². The van der Waals surface area contributed by atoms with E-state index >= 15 is 0 Å². The number of anilines is 1. The van der Waals surface area contributed by atoms with E-state index in [2.05, 4.69) is 16.9 Å². The Kier molecular flexibility index (Phi) is 3.37. The topological polar surface area (TPSA) is 33.2 Å². The predicted molar refractivity (Wildman–Crippen MR) is 79.1 cm³/mol. The molecule has 0 radical (unpaired) electrons. The van der Waals surface area contributed by atoms with Crippen molar-refractivity contribution in [1.29, 1.82) is 0 Å². The van der Waals surface area contributed by atoms with Crippen LogP contribution in [0.15, 0.2) is 0 Å². The summed E-state index contributed by atoms with van der Waals surface area (Å²) in [5, 5.41) is 1.01. The number of hydrogen-bond acceptors (Lipinski definition) is 4. The van der Waals surface area contributed by atoms with Crippen LogP contribution in [0.1, 0.15) is 48.0 Å². The SMILES string of the molecule is CC(=O)c1sc(N(C)CC2CC3CCC2C3)nc1C. The number of aromatic nitrogens is 1. The first-order valence-corrected chi connectivity index (χ1v) is 8.05.